The van der Waals surface area contributed by atoms with Crippen LogP contribution in [0.3, 0.4) is 0 Å². The van der Waals surface area contributed by atoms with Gasteiger partial charge in [-0.05, 0) is 0 Å². The fourth-order valence-electron chi connectivity index (χ4n) is 4.57. The molecular formula is C34H30FNO3Se2. The molecule has 4 nitrogen and oxygen atoms in total. The first-order valence-corrected chi connectivity index (χ1v) is 16.8. The van der Waals surface area contributed by atoms with Crippen molar-refractivity contribution in [3.8, 4) is 27.0 Å². The van der Waals surface area contributed by atoms with E-state index in [0.29, 0.717) is 10.6 Å². The molecule has 1 N–H and O–H groups in total. The molecule has 208 valence electrons. The Morgan fingerprint density at radius 1 is 0.902 bits per heavy atom. The van der Waals surface area contributed by atoms with Gasteiger partial charge in [0.05, 0.1) is 0 Å². The van der Waals surface area contributed by atoms with Crippen LogP contribution in [-0.4, -0.2) is 52.1 Å². The summed E-state index contributed by atoms with van der Waals surface area (Å²) in [5.74, 6) is -0.620. The summed E-state index contributed by atoms with van der Waals surface area (Å²) in [6, 6.07) is 29.9. The molecule has 0 amide bonds. The van der Waals surface area contributed by atoms with E-state index in [9.17, 15) is 9.18 Å². The number of aryl methyl sites for hydroxylation is 3. The molecule has 4 aromatic carbocycles. The van der Waals surface area contributed by atoms with Crippen LogP contribution in [0, 0.1) is 26.6 Å². The first-order chi connectivity index (χ1) is 19.7. The standard InChI is InChI=1S/C34H30FNO3Se2/c1-21-4-8-27(9-5-21)34-36-23(3)33(41-34)31(40-29-16-17-30(22(2)18-29)39-20-32(37)38)19-24-6-10-25(11-7-24)26-12-14-28(35)15-13-26/h4-18,31H,19-20H2,1-3H3,(H,37,38). The normalized spacial score (nSPS) is 11.8. The summed E-state index contributed by atoms with van der Waals surface area (Å²) in [7, 11) is 0. The van der Waals surface area contributed by atoms with E-state index in [2.05, 4.69) is 74.5 Å². The van der Waals surface area contributed by atoms with E-state index >= 15 is 0 Å². The predicted octanol–water partition coefficient (Wildman–Crippen LogP) is 6.31. The van der Waals surface area contributed by atoms with Crippen LogP contribution >= 0.6 is 0 Å². The van der Waals surface area contributed by atoms with Crippen LogP contribution in [0.2, 0.25) is 0 Å². The summed E-state index contributed by atoms with van der Waals surface area (Å²) >= 11 is 0.238. The monoisotopic (exact) mass is 679 g/mol. The van der Waals surface area contributed by atoms with Gasteiger partial charge >= 0.3 is 253 Å². The van der Waals surface area contributed by atoms with E-state index in [1.54, 1.807) is 0 Å². The van der Waals surface area contributed by atoms with Crippen LogP contribution < -0.4 is 9.20 Å². The van der Waals surface area contributed by atoms with Crippen LogP contribution in [-0.2, 0) is 11.2 Å². The van der Waals surface area contributed by atoms with Crippen LogP contribution in [0.5, 0.6) is 5.75 Å². The second kappa shape index (κ2) is 13.0. The number of carboxylic acid groups (broad SMARTS) is 1. The number of rotatable bonds is 10. The fourth-order valence-corrected chi connectivity index (χ4v) is 10.5. The number of aliphatic carboxylic acids is 1. The van der Waals surface area contributed by atoms with Crippen LogP contribution in [0.25, 0.3) is 21.3 Å². The molecule has 0 radical (unpaired) electrons. The Morgan fingerprint density at radius 2 is 1.54 bits per heavy atom. The van der Waals surface area contributed by atoms with E-state index in [1.807, 2.05) is 25.1 Å². The Morgan fingerprint density at radius 3 is 2.17 bits per heavy atom. The van der Waals surface area contributed by atoms with E-state index in [0.717, 1.165) is 28.8 Å². The number of aromatic nitrogens is 1. The van der Waals surface area contributed by atoms with Crippen LogP contribution in [0.15, 0.2) is 91.0 Å². The van der Waals surface area contributed by atoms with Gasteiger partial charge in [-0.25, -0.2) is 0 Å². The molecule has 1 heterocycles. The van der Waals surface area contributed by atoms with Gasteiger partial charge in [0.25, 0.3) is 0 Å². The summed E-state index contributed by atoms with van der Waals surface area (Å²) < 4.78 is 22.7. The minimum absolute atomic E-state index is 0.113. The average molecular weight is 678 g/mol. The molecule has 0 spiro atoms. The number of benzene rings is 4. The van der Waals surface area contributed by atoms with Crippen LogP contribution in [0.1, 0.15) is 31.6 Å². The molecule has 0 aliphatic rings. The van der Waals surface area contributed by atoms with Crippen LogP contribution in [0.4, 0.5) is 4.39 Å². The third-order valence-electron chi connectivity index (χ3n) is 6.75. The number of carbonyl (C=O) groups is 1. The summed E-state index contributed by atoms with van der Waals surface area (Å²) in [5.41, 5.74) is 7.79. The molecule has 0 bridgehead atoms. The van der Waals surface area contributed by atoms with Crippen molar-refractivity contribution in [2.75, 3.05) is 6.61 Å². The van der Waals surface area contributed by atoms with E-state index in [1.165, 1.54) is 42.3 Å². The van der Waals surface area contributed by atoms with E-state index in [-0.39, 0.29) is 41.9 Å². The minimum atomic E-state index is -0.988. The number of carboxylic acids is 1. The Balaban J connectivity index is 1.44. The number of halogens is 1. The molecule has 5 aromatic rings. The molecule has 0 saturated carbocycles. The third kappa shape index (κ3) is 7.44. The summed E-state index contributed by atoms with van der Waals surface area (Å²) in [4.78, 5) is 16.3. The molecule has 0 saturated heterocycles. The van der Waals surface area contributed by atoms with Gasteiger partial charge in [0.1, 0.15) is 0 Å². The summed E-state index contributed by atoms with van der Waals surface area (Å²) in [5, 5.41) is 8.98. The van der Waals surface area contributed by atoms with Gasteiger partial charge in [-0.15, -0.1) is 0 Å². The van der Waals surface area contributed by atoms with Crippen molar-refractivity contribution in [1.82, 2.24) is 4.98 Å². The van der Waals surface area contributed by atoms with Gasteiger partial charge in [0, 0.05) is 0 Å². The van der Waals surface area contributed by atoms with E-state index < -0.39 is 5.97 Å². The molecule has 41 heavy (non-hydrogen) atoms. The molecule has 5 rings (SSSR count). The predicted molar refractivity (Wildman–Crippen MR) is 164 cm³/mol. The Kier molecular flexibility index (Phi) is 9.22. The Bertz CT molecular complexity index is 1650. The molecule has 0 fully saturated rings. The van der Waals surface area contributed by atoms with Gasteiger partial charge in [0.2, 0.25) is 0 Å². The number of ether oxygens (including phenoxy) is 1. The van der Waals surface area contributed by atoms with Gasteiger partial charge < -0.3 is 0 Å². The molecule has 0 aliphatic carbocycles. The van der Waals surface area contributed by atoms with Crippen molar-refractivity contribution in [2.45, 2.75) is 32.0 Å². The van der Waals surface area contributed by atoms with Crippen molar-refractivity contribution in [3.05, 3.63) is 124 Å². The molecule has 0 aliphatic heterocycles. The molecule has 1 atom stereocenters. The van der Waals surface area contributed by atoms with Gasteiger partial charge in [-0.1, -0.05) is 0 Å². The van der Waals surface area contributed by atoms with E-state index in [4.69, 9.17) is 14.8 Å². The Hall–Kier alpha value is -3.47. The zero-order valence-electron chi connectivity index (χ0n) is 23.1. The van der Waals surface area contributed by atoms with Crippen molar-refractivity contribution in [2.24, 2.45) is 0 Å². The zero-order valence-corrected chi connectivity index (χ0v) is 26.5. The molecule has 1 unspecified atom stereocenters. The van der Waals surface area contributed by atoms with Gasteiger partial charge in [-0.2, -0.15) is 0 Å². The van der Waals surface area contributed by atoms with Crippen molar-refractivity contribution < 1.29 is 19.0 Å². The fraction of sp³-hybridized carbons (Fsp3) is 0.176. The third-order valence-corrected chi connectivity index (χ3v) is 12.8. The maximum atomic E-state index is 13.4. The summed E-state index contributed by atoms with van der Waals surface area (Å²) in [6.45, 7) is 5.84. The average Bonchev–Trinajstić information content (AvgIpc) is 3.35. The van der Waals surface area contributed by atoms with Crippen molar-refractivity contribution in [1.29, 1.82) is 0 Å². The van der Waals surface area contributed by atoms with Gasteiger partial charge in [-0.3, -0.25) is 0 Å². The second-order valence-corrected chi connectivity index (χ2v) is 14.8. The quantitative estimate of drug-likeness (QED) is 0.176. The second-order valence-electron chi connectivity index (χ2n) is 9.96. The van der Waals surface area contributed by atoms with Crippen molar-refractivity contribution >= 4 is 39.9 Å². The molecule has 1 aromatic heterocycles. The number of nitrogens with zero attached hydrogens (tertiary/aromatic N) is 1. The number of hydrogen-bond acceptors (Lipinski definition) is 3. The topological polar surface area (TPSA) is 59.4 Å². The number of hydrogen-bond donors (Lipinski definition) is 1. The van der Waals surface area contributed by atoms with Gasteiger partial charge in [0.15, 0.2) is 0 Å². The van der Waals surface area contributed by atoms with Crippen molar-refractivity contribution in [3.63, 3.8) is 0 Å². The Labute approximate surface area is 252 Å². The molecule has 7 heteroatoms. The first kappa shape index (κ1) is 29.0. The molecular weight excluding hydrogens is 647 g/mol. The maximum absolute atomic E-state index is 13.4. The first-order valence-electron chi connectivity index (χ1n) is 13.3. The summed E-state index contributed by atoms with van der Waals surface area (Å²) in [6.07, 6.45) is 0.894. The SMILES string of the molecule is Cc1ccc(-c2nc(C)c(C(Cc3ccc(-c4ccc(F)cc4)cc3)[Se]c3ccc(OCC(=O)O)c(C)c3)[se]2)cc1. The zero-order chi connectivity index (χ0) is 28.9.